The molecule has 1 heteroatoms. The zero-order valence-corrected chi connectivity index (χ0v) is 24.2. The van der Waals surface area contributed by atoms with Crippen LogP contribution in [0.5, 0.6) is 0 Å². The van der Waals surface area contributed by atoms with Gasteiger partial charge in [-0.3, -0.25) is 0 Å². The summed E-state index contributed by atoms with van der Waals surface area (Å²) in [6.45, 7) is 2.78. The fourth-order valence-electron chi connectivity index (χ4n) is 11.5. The standard InChI is InChI=1S/C34H58S/c1-33-24-15-14-18-27(33)19-20-28-29(33)23-25-34-30(28)21-22-31(34)35-32(34)26-16-12-10-8-6-4-2-3-5-7-9-11-13-17-26/h26-32H,2-25H2,1H3/t27?,28-,29+,30+,31?,32?,33+,34-/m1/s1. The Balaban J connectivity index is 1.16. The van der Waals surface area contributed by atoms with Crippen LogP contribution < -0.4 is 0 Å². The molecule has 0 aromatic rings. The Bertz CT molecular complexity index is 670. The van der Waals surface area contributed by atoms with Crippen molar-refractivity contribution >= 4 is 11.8 Å². The summed E-state index contributed by atoms with van der Waals surface area (Å²) in [6.07, 6.45) is 37.3. The Morgan fingerprint density at radius 3 is 1.83 bits per heavy atom. The highest BCUT2D eigenvalue weighted by molar-refractivity contribution is 8.02. The number of thioether (sulfide) groups is 1. The van der Waals surface area contributed by atoms with Gasteiger partial charge in [-0.1, -0.05) is 96.8 Å². The highest BCUT2D eigenvalue weighted by Crippen LogP contribution is 2.75. The molecule has 5 saturated carbocycles. The number of fused-ring (bicyclic) bond motifs is 4. The first kappa shape index (κ1) is 25.6. The second-order valence-corrected chi connectivity index (χ2v) is 16.1. The van der Waals surface area contributed by atoms with Gasteiger partial charge < -0.3 is 0 Å². The maximum atomic E-state index is 2.78. The van der Waals surface area contributed by atoms with Crippen molar-refractivity contribution in [2.45, 2.75) is 172 Å². The molecule has 6 rings (SSSR count). The molecule has 0 amide bonds. The molecule has 1 heterocycles. The average Bonchev–Trinajstić information content (AvgIpc) is 3.14. The number of rotatable bonds is 1. The van der Waals surface area contributed by atoms with E-state index in [9.17, 15) is 0 Å². The highest BCUT2D eigenvalue weighted by atomic mass is 32.2. The molecule has 0 aromatic heterocycles. The minimum absolute atomic E-state index is 0.719. The summed E-state index contributed by atoms with van der Waals surface area (Å²) < 4.78 is 0. The van der Waals surface area contributed by atoms with E-state index in [2.05, 4.69) is 18.7 Å². The van der Waals surface area contributed by atoms with Crippen LogP contribution in [0.1, 0.15) is 161 Å². The minimum atomic E-state index is 0.719. The number of hydrogen-bond donors (Lipinski definition) is 0. The lowest BCUT2D eigenvalue weighted by atomic mass is 9.44. The molecular weight excluding hydrogens is 440 g/mol. The highest BCUT2D eigenvalue weighted by Gasteiger charge is 2.69. The largest absolute Gasteiger partial charge is 0.154 e. The van der Waals surface area contributed by atoms with E-state index < -0.39 is 0 Å². The normalized spacial score (nSPS) is 48.3. The monoisotopic (exact) mass is 498 g/mol. The van der Waals surface area contributed by atoms with Crippen LogP contribution in [0.2, 0.25) is 0 Å². The van der Waals surface area contributed by atoms with E-state index in [-0.39, 0.29) is 0 Å². The summed E-state index contributed by atoms with van der Waals surface area (Å²) in [5.41, 5.74) is 1.51. The van der Waals surface area contributed by atoms with Crippen molar-refractivity contribution in [3.8, 4) is 0 Å². The van der Waals surface area contributed by atoms with Crippen molar-refractivity contribution in [3.05, 3.63) is 0 Å². The summed E-state index contributed by atoms with van der Waals surface area (Å²) in [4.78, 5) is 0. The van der Waals surface area contributed by atoms with E-state index in [1.54, 1.807) is 77.0 Å². The Morgan fingerprint density at radius 2 is 1.14 bits per heavy atom. The first-order chi connectivity index (χ1) is 17.2. The predicted octanol–water partition coefficient (Wildman–Crippen LogP) is 11.0. The molecule has 0 bridgehead atoms. The van der Waals surface area contributed by atoms with Crippen LogP contribution in [0.15, 0.2) is 0 Å². The molecule has 0 radical (unpaired) electrons. The van der Waals surface area contributed by atoms with Crippen LogP contribution in [0, 0.1) is 40.4 Å². The van der Waals surface area contributed by atoms with Crippen LogP contribution >= 0.6 is 11.8 Å². The van der Waals surface area contributed by atoms with Crippen molar-refractivity contribution in [1.82, 2.24) is 0 Å². The lowest BCUT2D eigenvalue weighted by molar-refractivity contribution is -0.113. The molecule has 0 nitrogen and oxygen atoms in total. The third-order valence-electron chi connectivity index (χ3n) is 13.3. The molecule has 1 aliphatic heterocycles. The molecule has 1 spiro atoms. The third kappa shape index (κ3) is 4.71. The Morgan fingerprint density at radius 1 is 0.514 bits per heavy atom. The SMILES string of the molecule is C[C@]12CCCCC1CC[C@H]1[C@@H]3CCC4SC(C5CCCCCCCCCCCCCC5)[C@@]43CC[C@@H]12. The molecule has 1 saturated heterocycles. The van der Waals surface area contributed by atoms with Crippen LogP contribution in [-0.2, 0) is 0 Å². The molecular formula is C34H58S. The van der Waals surface area contributed by atoms with Crippen molar-refractivity contribution in [2.24, 2.45) is 40.4 Å². The first-order valence-corrected chi connectivity index (χ1v) is 17.8. The Kier molecular flexibility index (Phi) is 8.21. The van der Waals surface area contributed by atoms with Crippen molar-refractivity contribution in [2.75, 3.05) is 0 Å². The van der Waals surface area contributed by atoms with Gasteiger partial charge in [-0.2, -0.15) is 11.8 Å². The fraction of sp³-hybridized carbons (Fsp3) is 1.00. The van der Waals surface area contributed by atoms with E-state index in [0.29, 0.717) is 0 Å². The molecule has 6 fully saturated rings. The maximum absolute atomic E-state index is 2.78. The second kappa shape index (κ2) is 11.2. The van der Waals surface area contributed by atoms with Crippen molar-refractivity contribution in [1.29, 1.82) is 0 Å². The average molecular weight is 499 g/mol. The second-order valence-electron chi connectivity index (χ2n) is 14.8. The third-order valence-corrected chi connectivity index (χ3v) is 15.4. The lowest BCUT2D eigenvalue weighted by Gasteiger charge is -2.66. The molecule has 35 heavy (non-hydrogen) atoms. The van der Waals surface area contributed by atoms with Crippen LogP contribution in [-0.4, -0.2) is 10.5 Å². The Labute approximate surface area is 223 Å². The zero-order chi connectivity index (χ0) is 23.7. The van der Waals surface area contributed by atoms with E-state index in [1.807, 2.05) is 0 Å². The summed E-state index contributed by atoms with van der Waals surface area (Å²) in [7, 11) is 0. The van der Waals surface area contributed by atoms with Gasteiger partial charge in [0.15, 0.2) is 0 Å². The summed E-state index contributed by atoms with van der Waals surface area (Å²) in [5.74, 6) is 5.46. The summed E-state index contributed by atoms with van der Waals surface area (Å²) >= 11 is 2.54. The molecule has 3 unspecified atom stereocenters. The quantitative estimate of drug-likeness (QED) is 0.346. The van der Waals surface area contributed by atoms with Gasteiger partial charge in [-0.15, -0.1) is 0 Å². The molecule has 5 aliphatic carbocycles. The molecule has 8 atom stereocenters. The van der Waals surface area contributed by atoms with E-state index in [4.69, 9.17) is 0 Å². The van der Waals surface area contributed by atoms with Gasteiger partial charge in [0, 0.05) is 10.5 Å². The molecule has 200 valence electrons. The smallest absolute Gasteiger partial charge is 0.0148 e. The van der Waals surface area contributed by atoms with Crippen LogP contribution in [0.25, 0.3) is 0 Å². The van der Waals surface area contributed by atoms with Gasteiger partial charge in [0.1, 0.15) is 0 Å². The van der Waals surface area contributed by atoms with Crippen LogP contribution in [0.3, 0.4) is 0 Å². The molecule has 0 aromatic carbocycles. The summed E-state index contributed by atoms with van der Waals surface area (Å²) in [6, 6.07) is 0. The van der Waals surface area contributed by atoms with E-state index in [1.165, 1.54) is 77.0 Å². The maximum Gasteiger partial charge on any atom is 0.0148 e. The van der Waals surface area contributed by atoms with Gasteiger partial charge in [0.05, 0.1) is 0 Å². The van der Waals surface area contributed by atoms with Crippen molar-refractivity contribution < 1.29 is 0 Å². The van der Waals surface area contributed by atoms with Gasteiger partial charge in [-0.25, -0.2) is 0 Å². The van der Waals surface area contributed by atoms with Crippen LogP contribution in [0.4, 0.5) is 0 Å². The predicted molar refractivity (Wildman–Crippen MR) is 154 cm³/mol. The van der Waals surface area contributed by atoms with Gasteiger partial charge in [0.25, 0.3) is 0 Å². The van der Waals surface area contributed by atoms with Gasteiger partial charge in [-0.05, 0) is 105 Å². The first-order valence-electron chi connectivity index (χ1n) is 16.9. The van der Waals surface area contributed by atoms with E-state index >= 15 is 0 Å². The van der Waals surface area contributed by atoms with E-state index in [0.717, 1.165) is 50.9 Å². The Hall–Kier alpha value is 0.350. The minimum Gasteiger partial charge on any atom is -0.154 e. The lowest BCUT2D eigenvalue weighted by Crippen LogP contribution is -2.62. The molecule has 0 N–H and O–H groups in total. The zero-order valence-electron chi connectivity index (χ0n) is 23.4. The van der Waals surface area contributed by atoms with Crippen molar-refractivity contribution in [3.63, 3.8) is 0 Å². The summed E-state index contributed by atoms with van der Waals surface area (Å²) in [5, 5.41) is 2.11. The fourth-order valence-corrected chi connectivity index (χ4v) is 13.8. The number of hydrogen-bond acceptors (Lipinski definition) is 1. The van der Waals surface area contributed by atoms with Gasteiger partial charge >= 0.3 is 0 Å². The molecule has 6 aliphatic rings. The van der Waals surface area contributed by atoms with Gasteiger partial charge in [0.2, 0.25) is 0 Å². The topological polar surface area (TPSA) is 0 Å².